The van der Waals surface area contributed by atoms with E-state index in [9.17, 15) is 5.26 Å². The van der Waals surface area contributed by atoms with Gasteiger partial charge < -0.3 is 10.2 Å². The topological polar surface area (TPSA) is 82.8 Å². The third-order valence-corrected chi connectivity index (χ3v) is 0.262. The van der Waals surface area contributed by atoms with Gasteiger partial charge in [-0.15, -0.1) is 0 Å². The molecule has 44 valence electrons. The molecule has 6 heteroatoms. The highest BCUT2D eigenvalue weighted by molar-refractivity contribution is 3.82. The summed E-state index contributed by atoms with van der Waals surface area (Å²) in [5.74, 6) is 4.65. The predicted molar refractivity (Wildman–Crippen MR) is 17.3 cm³/mol. The molecule has 0 rings (SSSR count). The smallest absolute Gasteiger partial charge is 0.0590 e. The lowest BCUT2D eigenvalue weighted by Crippen LogP contribution is -2.45. The molecule has 0 bridgehead atoms. The average Bonchev–Trinajstić information content (AvgIpc) is 1.68. The quantitative estimate of drug-likeness (QED) is 0.235. The van der Waals surface area contributed by atoms with Crippen LogP contribution in [0.1, 0.15) is 0 Å². The molecule has 0 spiro atoms. The molecule has 0 fully saturated rings. The Kier molecular flexibility index (Phi) is 3.80. The normalized spacial score (nSPS) is 10.3. The fraction of sp³-hybridized carbons (Fsp3) is 1.00. The molecule has 0 amide bonds. The summed E-state index contributed by atoms with van der Waals surface area (Å²) < 4.78 is 0. The van der Waals surface area contributed by atoms with Crippen molar-refractivity contribution in [2.24, 2.45) is 5.84 Å². The van der Waals surface area contributed by atoms with Crippen LogP contribution in [0.4, 0.5) is 0 Å². The summed E-state index contributed by atoms with van der Waals surface area (Å²) in [7, 11) is 1.29. The van der Waals surface area contributed by atoms with Gasteiger partial charge in [0.25, 0.3) is 0 Å². The number of hydrogen-bond acceptors (Lipinski definition) is 6. The van der Waals surface area contributed by atoms with Gasteiger partial charge in [0.2, 0.25) is 0 Å². The van der Waals surface area contributed by atoms with Gasteiger partial charge in [-0.2, -0.15) is 0 Å². The summed E-state index contributed by atoms with van der Waals surface area (Å²) in [4.78, 5) is 7.24. The molecule has 0 atom stereocenters. The largest absolute Gasteiger partial charge is 0.702 e. The second kappa shape index (κ2) is 3.93. The summed E-state index contributed by atoms with van der Waals surface area (Å²) in [6.07, 6.45) is 0. The van der Waals surface area contributed by atoms with Crippen molar-refractivity contribution in [2.45, 2.75) is 0 Å². The SMILES string of the molecule is CONN(N)O[O-]. The van der Waals surface area contributed by atoms with Crippen LogP contribution < -0.4 is 16.7 Å². The second-order valence-electron chi connectivity index (χ2n) is 0.696. The standard InChI is InChI=1S/CH7N3O3/c1-6-3-4(2)7-5/h3,5H,2H2,1H3/p-1. The van der Waals surface area contributed by atoms with Crippen LogP contribution in [0, 0.1) is 0 Å². The van der Waals surface area contributed by atoms with E-state index in [1.54, 1.807) is 0 Å². The highest BCUT2D eigenvalue weighted by Gasteiger charge is 1.82. The van der Waals surface area contributed by atoms with E-state index >= 15 is 0 Å². The van der Waals surface area contributed by atoms with E-state index in [2.05, 4.69) is 15.7 Å². The highest BCUT2D eigenvalue weighted by Crippen LogP contribution is 1.58. The molecule has 0 heterocycles. The van der Waals surface area contributed by atoms with E-state index in [-0.39, 0.29) is 5.28 Å². The van der Waals surface area contributed by atoms with Crippen LogP contribution in [-0.2, 0) is 9.83 Å². The van der Waals surface area contributed by atoms with Gasteiger partial charge in [-0.25, -0.2) is 5.84 Å². The van der Waals surface area contributed by atoms with Crippen LogP contribution in [0.25, 0.3) is 0 Å². The van der Waals surface area contributed by atoms with Crippen LogP contribution >= 0.6 is 0 Å². The first kappa shape index (κ1) is 6.76. The van der Waals surface area contributed by atoms with E-state index in [4.69, 9.17) is 0 Å². The molecule has 0 aromatic heterocycles. The van der Waals surface area contributed by atoms with E-state index in [0.29, 0.717) is 0 Å². The first-order chi connectivity index (χ1) is 3.31. The fourth-order valence-electron chi connectivity index (χ4n) is 0.105. The van der Waals surface area contributed by atoms with E-state index in [1.807, 2.05) is 5.59 Å². The minimum Gasteiger partial charge on any atom is -0.702 e. The predicted octanol–water partition coefficient (Wildman–Crippen LogP) is -2.56. The lowest BCUT2D eigenvalue weighted by molar-refractivity contribution is -0.765. The molecule has 0 unspecified atom stereocenters. The van der Waals surface area contributed by atoms with Gasteiger partial charge in [-0.05, 0) is 5.28 Å². The molecular weight excluding hydrogens is 102 g/mol. The highest BCUT2D eigenvalue weighted by atomic mass is 17.2. The van der Waals surface area contributed by atoms with Crippen molar-refractivity contribution in [1.29, 1.82) is 0 Å². The lowest BCUT2D eigenvalue weighted by Gasteiger charge is -2.16. The molecule has 0 aliphatic heterocycles. The monoisotopic (exact) mass is 108 g/mol. The second-order valence-corrected chi connectivity index (χ2v) is 0.696. The molecular formula is CH6N3O3-. The van der Waals surface area contributed by atoms with Crippen LogP contribution in [0.2, 0.25) is 0 Å². The first-order valence-electron chi connectivity index (χ1n) is 1.44. The maximum Gasteiger partial charge on any atom is 0.0590 e. The Balaban J connectivity index is 2.83. The lowest BCUT2D eigenvalue weighted by atomic mass is 11.7. The van der Waals surface area contributed by atoms with Gasteiger partial charge in [0.1, 0.15) is 0 Å². The van der Waals surface area contributed by atoms with Crippen LogP contribution in [0.3, 0.4) is 0 Å². The maximum atomic E-state index is 9.18. The number of hydrogen-bond donors (Lipinski definition) is 2. The number of nitrogens with zero attached hydrogens (tertiary/aromatic N) is 1. The van der Waals surface area contributed by atoms with Crippen molar-refractivity contribution >= 4 is 0 Å². The van der Waals surface area contributed by atoms with Crippen molar-refractivity contribution in [3.63, 3.8) is 0 Å². The van der Waals surface area contributed by atoms with Gasteiger partial charge in [0.05, 0.1) is 7.11 Å². The van der Waals surface area contributed by atoms with Crippen LogP contribution in [0.15, 0.2) is 0 Å². The van der Waals surface area contributed by atoms with Gasteiger partial charge >= 0.3 is 0 Å². The van der Waals surface area contributed by atoms with E-state index in [0.717, 1.165) is 0 Å². The van der Waals surface area contributed by atoms with Crippen molar-refractivity contribution in [3.05, 3.63) is 0 Å². The Morgan fingerprint density at radius 3 is 2.57 bits per heavy atom. The molecule has 0 aliphatic carbocycles. The summed E-state index contributed by atoms with van der Waals surface area (Å²) in [6, 6.07) is 0. The molecule has 0 aromatic rings. The van der Waals surface area contributed by atoms with Crippen LogP contribution in [-0.4, -0.2) is 12.4 Å². The molecule has 7 heavy (non-hydrogen) atoms. The van der Waals surface area contributed by atoms with Crippen molar-refractivity contribution in [2.75, 3.05) is 7.11 Å². The molecule has 0 aliphatic rings. The summed E-state index contributed by atoms with van der Waals surface area (Å²) >= 11 is 0. The number of rotatable bonds is 3. The molecule has 0 saturated carbocycles. The zero-order valence-corrected chi connectivity index (χ0v) is 3.75. The summed E-state index contributed by atoms with van der Waals surface area (Å²) in [5.41, 5.74) is 1.87. The van der Waals surface area contributed by atoms with Crippen LogP contribution in [0.5, 0.6) is 0 Å². The van der Waals surface area contributed by atoms with Gasteiger partial charge in [0, 0.05) is 0 Å². The fourth-order valence-corrected chi connectivity index (χ4v) is 0.105. The minimum absolute atomic E-state index is 0.278. The Hall–Kier alpha value is -0.240. The van der Waals surface area contributed by atoms with Crippen molar-refractivity contribution < 1.29 is 15.1 Å². The zero-order valence-electron chi connectivity index (χ0n) is 3.75. The zero-order chi connectivity index (χ0) is 5.70. The summed E-state index contributed by atoms with van der Waals surface area (Å²) in [6.45, 7) is 0. The molecule has 6 nitrogen and oxygen atoms in total. The number of hydrazine groups is 2. The number of nitrogens with one attached hydrogen (secondary N) is 1. The molecule has 0 radical (unpaired) electrons. The first-order valence-corrected chi connectivity index (χ1v) is 1.44. The third-order valence-electron chi connectivity index (χ3n) is 0.262. The minimum atomic E-state index is 0.278. The summed E-state index contributed by atoms with van der Waals surface area (Å²) in [5, 5.41) is 9.46. The molecule has 0 aromatic carbocycles. The molecule has 0 saturated heterocycles. The Labute approximate surface area is 40.2 Å². The van der Waals surface area contributed by atoms with Gasteiger partial charge in [-0.1, -0.05) is 5.59 Å². The molecule has 3 N–H and O–H groups in total. The van der Waals surface area contributed by atoms with E-state index in [1.165, 1.54) is 7.11 Å². The Bertz CT molecular complexity index is 41.2. The van der Waals surface area contributed by atoms with Crippen molar-refractivity contribution in [3.8, 4) is 0 Å². The number of nitrogens with two attached hydrogens (primary N) is 1. The van der Waals surface area contributed by atoms with Gasteiger partial charge in [-0.3, -0.25) is 4.84 Å². The Morgan fingerprint density at radius 1 is 1.86 bits per heavy atom. The van der Waals surface area contributed by atoms with Gasteiger partial charge in [0.15, 0.2) is 0 Å². The van der Waals surface area contributed by atoms with Crippen molar-refractivity contribution in [1.82, 2.24) is 10.9 Å². The maximum absolute atomic E-state index is 9.18. The Morgan fingerprint density at radius 2 is 2.43 bits per heavy atom. The van der Waals surface area contributed by atoms with E-state index < -0.39 is 0 Å². The third kappa shape index (κ3) is 3.59. The average molecular weight is 108 g/mol.